The Hall–Kier alpha value is -3.08. The molecule has 0 spiro atoms. The highest BCUT2D eigenvalue weighted by atomic mass is 16.5. The summed E-state index contributed by atoms with van der Waals surface area (Å²) in [4.78, 5) is 48.3. The zero-order valence-corrected chi connectivity index (χ0v) is 29.0. The average molecular weight is 655 g/mol. The van der Waals surface area contributed by atoms with Crippen molar-refractivity contribution in [2.45, 2.75) is 129 Å². The molecule has 0 saturated heterocycles. The molecule has 1 heterocycles. The molecule has 1 fully saturated rings. The molecule has 3 rings (SSSR count). The molecule has 0 radical (unpaired) electrons. The van der Waals surface area contributed by atoms with Gasteiger partial charge in [-0.25, -0.2) is 4.98 Å². The second-order valence-corrected chi connectivity index (χ2v) is 14.9. The topological polar surface area (TPSA) is 168 Å². The third-order valence-electron chi connectivity index (χ3n) is 9.24. The highest BCUT2D eigenvalue weighted by Gasteiger charge is 2.35. The van der Waals surface area contributed by atoms with Crippen LogP contribution in [0.4, 0.5) is 0 Å². The number of imidazole rings is 1. The van der Waals surface area contributed by atoms with Crippen molar-refractivity contribution in [1.29, 1.82) is 0 Å². The minimum atomic E-state index is -1.05. The zero-order chi connectivity index (χ0) is 34.6. The maximum absolute atomic E-state index is 14.1. The van der Waals surface area contributed by atoms with Crippen molar-refractivity contribution in [3.8, 4) is 5.75 Å². The van der Waals surface area contributed by atoms with Crippen LogP contribution in [0.25, 0.3) is 0 Å². The molecule has 1 aliphatic carbocycles. The van der Waals surface area contributed by atoms with Gasteiger partial charge in [0.05, 0.1) is 31.7 Å². The Kier molecular flexibility index (Phi) is 15.1. The van der Waals surface area contributed by atoms with Crippen LogP contribution in [0.1, 0.15) is 103 Å². The number of ether oxygens (including phenoxy) is 1. The number of nitrogens with zero attached hydrogens (tertiary/aromatic N) is 1. The molecule has 10 nitrogen and oxygen atoms in total. The van der Waals surface area contributed by atoms with E-state index in [-0.39, 0.29) is 43.2 Å². The van der Waals surface area contributed by atoms with Crippen LogP contribution in [0.15, 0.2) is 36.8 Å². The Bertz CT molecular complexity index is 1230. The fourth-order valence-corrected chi connectivity index (χ4v) is 6.84. The van der Waals surface area contributed by atoms with E-state index in [1.807, 2.05) is 38.1 Å². The van der Waals surface area contributed by atoms with Gasteiger partial charge in [0.25, 0.3) is 0 Å². The van der Waals surface area contributed by atoms with Crippen LogP contribution in [-0.2, 0) is 27.2 Å². The van der Waals surface area contributed by atoms with E-state index in [1.165, 1.54) is 12.7 Å². The molecule has 1 aliphatic rings. The molecule has 6 N–H and O–H groups in total. The first kappa shape index (κ1) is 38.4. The number of H-pyrrole nitrogens is 1. The van der Waals surface area contributed by atoms with Crippen molar-refractivity contribution in [2.75, 3.05) is 7.11 Å². The second-order valence-electron chi connectivity index (χ2n) is 14.9. The van der Waals surface area contributed by atoms with Crippen LogP contribution >= 0.6 is 0 Å². The van der Waals surface area contributed by atoms with Crippen molar-refractivity contribution in [3.05, 3.63) is 48.0 Å². The zero-order valence-electron chi connectivity index (χ0n) is 29.0. The van der Waals surface area contributed by atoms with Gasteiger partial charge in [-0.1, -0.05) is 58.1 Å². The van der Waals surface area contributed by atoms with Gasteiger partial charge in [-0.3, -0.25) is 14.4 Å². The van der Waals surface area contributed by atoms with Gasteiger partial charge >= 0.3 is 0 Å². The Morgan fingerprint density at radius 2 is 1.74 bits per heavy atom. The van der Waals surface area contributed by atoms with Crippen molar-refractivity contribution in [2.24, 2.45) is 29.4 Å². The van der Waals surface area contributed by atoms with E-state index in [1.54, 1.807) is 27.2 Å². The number of Topliss-reactive ketones (excluding diaryl/α,β-unsaturated/α-hetero) is 2. The number of hydrogen-bond acceptors (Lipinski definition) is 8. The monoisotopic (exact) mass is 654 g/mol. The number of rotatable bonds is 20. The summed E-state index contributed by atoms with van der Waals surface area (Å²) < 4.78 is 5.27. The third kappa shape index (κ3) is 13.5. The van der Waals surface area contributed by atoms with Crippen molar-refractivity contribution in [3.63, 3.8) is 0 Å². The standard InChI is InChI=1S/C37H58N4O6/c1-24(2)15-34(44)35(45)27(16-25-9-7-6-8-10-25)19-33(43)32(20-29-22-39-23-40-29)41-36(46)28(18-30(42)21-37(3,4)38)17-26-11-13-31(47-5)14-12-26/h11-14,22-25,27-28,32,34-35,44-45H,6-10,15-21,38H2,1-5H3,(H,39,40)(H,41,46)/t27?,28-,32-,34-,35+/m0/s1. The van der Waals surface area contributed by atoms with Gasteiger partial charge < -0.3 is 31.0 Å². The molecule has 2 aromatic rings. The SMILES string of the molecule is COc1ccc(C[C@@H](CC(=O)CC(C)(C)N)C(=O)N[C@@H](Cc2cnc[nH]2)C(=O)CC(CC2CCCCC2)[C@@H](O)[C@@H](O)CC(C)C)cc1. The van der Waals surface area contributed by atoms with E-state index in [2.05, 4.69) is 15.3 Å². The number of ketones is 2. The fraction of sp³-hybridized carbons (Fsp3) is 0.676. The number of carbonyl (C=O) groups excluding carboxylic acids is 3. The summed E-state index contributed by atoms with van der Waals surface area (Å²) >= 11 is 0. The second kappa shape index (κ2) is 18.5. The van der Waals surface area contributed by atoms with Crippen molar-refractivity contribution >= 4 is 17.5 Å². The number of amides is 1. The quantitative estimate of drug-likeness (QED) is 0.137. The lowest BCUT2D eigenvalue weighted by molar-refractivity contribution is -0.133. The lowest BCUT2D eigenvalue weighted by Gasteiger charge is -2.33. The summed E-state index contributed by atoms with van der Waals surface area (Å²) in [5.74, 6) is -0.658. The van der Waals surface area contributed by atoms with E-state index < -0.39 is 41.5 Å². The number of carbonyl (C=O) groups is 3. The third-order valence-corrected chi connectivity index (χ3v) is 9.24. The van der Waals surface area contributed by atoms with E-state index >= 15 is 0 Å². The highest BCUT2D eigenvalue weighted by Crippen LogP contribution is 2.33. The first-order valence-electron chi connectivity index (χ1n) is 17.3. The van der Waals surface area contributed by atoms with Crippen LogP contribution < -0.4 is 15.8 Å². The molecular formula is C37H58N4O6. The van der Waals surface area contributed by atoms with Crippen LogP contribution in [0, 0.1) is 23.7 Å². The first-order valence-corrected chi connectivity index (χ1v) is 17.3. The van der Waals surface area contributed by atoms with Gasteiger partial charge in [0.1, 0.15) is 11.5 Å². The first-order chi connectivity index (χ1) is 22.2. The molecule has 0 aliphatic heterocycles. The lowest BCUT2D eigenvalue weighted by Crippen LogP contribution is -2.47. The summed E-state index contributed by atoms with van der Waals surface area (Å²) in [5.41, 5.74) is 6.95. The smallest absolute Gasteiger partial charge is 0.224 e. The number of aliphatic hydroxyl groups excluding tert-OH is 2. The molecule has 1 aromatic carbocycles. The van der Waals surface area contributed by atoms with Gasteiger partial charge in [0, 0.05) is 49.0 Å². The van der Waals surface area contributed by atoms with Gasteiger partial charge in [0.2, 0.25) is 5.91 Å². The number of aliphatic hydroxyl groups is 2. The summed E-state index contributed by atoms with van der Waals surface area (Å²) in [7, 11) is 1.58. The molecule has 1 amide bonds. The molecule has 1 unspecified atom stereocenters. The van der Waals surface area contributed by atoms with Gasteiger partial charge in [-0.05, 0) is 68.6 Å². The van der Waals surface area contributed by atoms with Gasteiger partial charge in [0.15, 0.2) is 5.78 Å². The molecular weight excluding hydrogens is 596 g/mol. The van der Waals surface area contributed by atoms with E-state index in [9.17, 15) is 24.6 Å². The Labute approximate surface area is 280 Å². The number of benzene rings is 1. The molecule has 262 valence electrons. The van der Waals surface area contributed by atoms with E-state index in [0.717, 1.165) is 31.2 Å². The highest BCUT2D eigenvalue weighted by molar-refractivity contribution is 5.92. The summed E-state index contributed by atoms with van der Waals surface area (Å²) in [6.45, 7) is 7.54. The van der Waals surface area contributed by atoms with Crippen LogP contribution in [0.5, 0.6) is 5.75 Å². The Balaban J connectivity index is 1.85. The van der Waals surface area contributed by atoms with E-state index in [0.29, 0.717) is 36.6 Å². The number of methoxy groups -OCH3 is 1. The minimum absolute atomic E-state index is 0.0200. The number of hydrogen-bond donors (Lipinski definition) is 5. The maximum Gasteiger partial charge on any atom is 0.224 e. The molecule has 47 heavy (non-hydrogen) atoms. The predicted molar refractivity (Wildman–Crippen MR) is 183 cm³/mol. The average Bonchev–Trinajstić information content (AvgIpc) is 3.52. The van der Waals surface area contributed by atoms with Crippen LogP contribution in [-0.4, -0.2) is 68.6 Å². The lowest BCUT2D eigenvalue weighted by atomic mass is 9.77. The van der Waals surface area contributed by atoms with Crippen molar-refractivity contribution < 1.29 is 29.3 Å². The van der Waals surface area contributed by atoms with Gasteiger partial charge in [-0.2, -0.15) is 0 Å². The summed E-state index contributed by atoms with van der Waals surface area (Å²) in [6.07, 6.45) is 8.39. The normalized spacial score (nSPS) is 17.5. The fourth-order valence-electron chi connectivity index (χ4n) is 6.84. The Morgan fingerprint density at radius 1 is 1.06 bits per heavy atom. The number of nitrogens with two attached hydrogens (primary N) is 1. The summed E-state index contributed by atoms with van der Waals surface area (Å²) in [5, 5.41) is 25.2. The van der Waals surface area contributed by atoms with E-state index in [4.69, 9.17) is 10.5 Å². The number of aromatic nitrogens is 2. The van der Waals surface area contributed by atoms with Crippen LogP contribution in [0.3, 0.4) is 0 Å². The molecule has 1 saturated carbocycles. The summed E-state index contributed by atoms with van der Waals surface area (Å²) in [6, 6.07) is 6.44. The maximum atomic E-state index is 14.1. The minimum Gasteiger partial charge on any atom is -0.497 e. The van der Waals surface area contributed by atoms with Crippen molar-refractivity contribution in [1.82, 2.24) is 15.3 Å². The molecule has 1 aromatic heterocycles. The number of aromatic amines is 1. The van der Waals surface area contributed by atoms with Gasteiger partial charge in [-0.15, -0.1) is 0 Å². The Morgan fingerprint density at radius 3 is 2.32 bits per heavy atom. The molecule has 10 heteroatoms. The molecule has 5 atom stereocenters. The predicted octanol–water partition coefficient (Wildman–Crippen LogP) is 4.70. The van der Waals surface area contributed by atoms with Crippen LogP contribution in [0.2, 0.25) is 0 Å². The largest absolute Gasteiger partial charge is 0.497 e. The molecule has 0 bridgehead atoms. The number of nitrogens with one attached hydrogen (secondary N) is 2.